The molecule has 2 heterocycles. The lowest BCUT2D eigenvalue weighted by Gasteiger charge is -2.06. The fraction of sp³-hybridized carbons (Fsp3) is 0.0588. The van der Waals surface area contributed by atoms with Crippen molar-refractivity contribution in [3.05, 3.63) is 66.1 Å². The summed E-state index contributed by atoms with van der Waals surface area (Å²) < 4.78 is 5.39. The first-order valence-electron chi connectivity index (χ1n) is 6.56. The van der Waals surface area contributed by atoms with Crippen molar-refractivity contribution >= 4 is 5.91 Å². The summed E-state index contributed by atoms with van der Waals surface area (Å²) in [6.45, 7) is 1.94. The van der Waals surface area contributed by atoms with Crippen molar-refractivity contribution in [2.75, 3.05) is 0 Å². The Balaban J connectivity index is 2.04. The number of pyridine rings is 1. The zero-order valence-electron chi connectivity index (χ0n) is 11.5. The van der Waals surface area contributed by atoms with Crippen LogP contribution in [-0.4, -0.2) is 10.9 Å². The van der Waals surface area contributed by atoms with Crippen molar-refractivity contribution in [2.24, 2.45) is 5.73 Å². The molecule has 1 amide bonds. The number of nitrogens with two attached hydrogens (primary N) is 1. The molecule has 0 atom stereocenters. The predicted molar refractivity (Wildman–Crippen MR) is 80.6 cm³/mol. The number of hydrogen-bond donors (Lipinski definition) is 1. The number of hydrogen-bond acceptors (Lipinski definition) is 3. The molecule has 0 fully saturated rings. The molecule has 104 valence electrons. The van der Waals surface area contributed by atoms with Gasteiger partial charge in [-0.15, -0.1) is 0 Å². The minimum Gasteiger partial charge on any atom is -0.463 e. The van der Waals surface area contributed by atoms with Crippen molar-refractivity contribution < 1.29 is 9.21 Å². The Bertz CT molecular complexity index is 775. The smallest absolute Gasteiger partial charge is 0.248 e. The van der Waals surface area contributed by atoms with Gasteiger partial charge in [0.25, 0.3) is 0 Å². The van der Waals surface area contributed by atoms with E-state index in [0.717, 1.165) is 28.3 Å². The maximum absolute atomic E-state index is 11.1. The average Bonchev–Trinajstić information content (AvgIpc) is 3.01. The Labute approximate surface area is 122 Å². The van der Waals surface area contributed by atoms with Gasteiger partial charge in [0, 0.05) is 11.3 Å². The van der Waals surface area contributed by atoms with Crippen LogP contribution < -0.4 is 5.73 Å². The van der Waals surface area contributed by atoms with Gasteiger partial charge >= 0.3 is 0 Å². The molecule has 2 aromatic heterocycles. The van der Waals surface area contributed by atoms with Crippen LogP contribution in [0.4, 0.5) is 0 Å². The molecule has 3 rings (SSSR count). The highest BCUT2D eigenvalue weighted by molar-refractivity contribution is 5.93. The molecule has 21 heavy (non-hydrogen) atoms. The molecule has 0 spiro atoms. The van der Waals surface area contributed by atoms with Crippen LogP contribution in [0, 0.1) is 6.92 Å². The molecule has 3 aromatic rings. The number of carbonyl (C=O) groups excluding carboxylic acids is 1. The highest BCUT2D eigenvalue weighted by atomic mass is 16.3. The number of rotatable bonds is 3. The molecule has 4 nitrogen and oxygen atoms in total. The van der Waals surface area contributed by atoms with E-state index in [1.807, 2.05) is 43.3 Å². The molecule has 1 aromatic carbocycles. The summed E-state index contributed by atoms with van der Waals surface area (Å²) in [5, 5.41) is 0. The molecular formula is C17H14N2O2. The van der Waals surface area contributed by atoms with Gasteiger partial charge in [0.05, 0.1) is 6.26 Å². The maximum atomic E-state index is 11.1. The van der Waals surface area contributed by atoms with Crippen LogP contribution in [0.2, 0.25) is 0 Å². The molecule has 0 bridgehead atoms. The van der Waals surface area contributed by atoms with Gasteiger partial charge in [-0.3, -0.25) is 4.79 Å². The maximum Gasteiger partial charge on any atom is 0.248 e. The first kappa shape index (κ1) is 13.1. The van der Waals surface area contributed by atoms with Crippen molar-refractivity contribution in [3.8, 4) is 22.6 Å². The molecule has 0 unspecified atom stereocenters. The topological polar surface area (TPSA) is 69.1 Å². The van der Waals surface area contributed by atoms with E-state index in [-0.39, 0.29) is 0 Å². The van der Waals surface area contributed by atoms with Crippen molar-refractivity contribution in [3.63, 3.8) is 0 Å². The Morgan fingerprint density at radius 3 is 2.48 bits per heavy atom. The molecule has 0 saturated heterocycles. The summed E-state index contributed by atoms with van der Waals surface area (Å²) in [6.07, 6.45) is 1.63. The van der Waals surface area contributed by atoms with Gasteiger partial charge in [-0.25, -0.2) is 4.98 Å². The first-order chi connectivity index (χ1) is 10.1. The summed E-state index contributed by atoms with van der Waals surface area (Å²) >= 11 is 0. The van der Waals surface area contributed by atoms with E-state index in [2.05, 4.69) is 4.98 Å². The monoisotopic (exact) mass is 278 g/mol. The SMILES string of the molecule is Cc1cc(-c2ccc(C(N)=O)cc2)cc(-c2ccco2)n1. The van der Waals surface area contributed by atoms with Gasteiger partial charge < -0.3 is 10.2 Å². The van der Waals surface area contributed by atoms with E-state index in [1.54, 1.807) is 18.4 Å². The van der Waals surface area contributed by atoms with Crippen LogP contribution in [0.3, 0.4) is 0 Å². The van der Waals surface area contributed by atoms with Crippen molar-refractivity contribution in [1.82, 2.24) is 4.98 Å². The van der Waals surface area contributed by atoms with Gasteiger partial charge in [0.2, 0.25) is 5.91 Å². The summed E-state index contributed by atoms with van der Waals surface area (Å²) in [5.41, 5.74) is 9.45. The number of carbonyl (C=O) groups is 1. The van der Waals surface area contributed by atoms with E-state index in [1.165, 1.54) is 0 Å². The highest BCUT2D eigenvalue weighted by Gasteiger charge is 2.08. The molecule has 0 aliphatic heterocycles. The number of aromatic nitrogens is 1. The third-order valence-corrected chi connectivity index (χ3v) is 3.23. The molecule has 0 aliphatic carbocycles. The summed E-state index contributed by atoms with van der Waals surface area (Å²) in [4.78, 5) is 15.6. The van der Waals surface area contributed by atoms with E-state index in [0.29, 0.717) is 5.56 Å². The summed E-state index contributed by atoms with van der Waals surface area (Å²) in [5.74, 6) is 0.303. The zero-order valence-corrected chi connectivity index (χ0v) is 11.5. The quantitative estimate of drug-likeness (QED) is 0.798. The second-order valence-corrected chi connectivity index (χ2v) is 4.80. The largest absolute Gasteiger partial charge is 0.463 e. The Morgan fingerprint density at radius 1 is 1.10 bits per heavy atom. The Morgan fingerprint density at radius 2 is 1.86 bits per heavy atom. The normalized spacial score (nSPS) is 10.5. The lowest BCUT2D eigenvalue weighted by molar-refractivity contribution is 0.100. The van der Waals surface area contributed by atoms with Crippen molar-refractivity contribution in [1.29, 1.82) is 0 Å². The predicted octanol–water partition coefficient (Wildman–Crippen LogP) is 3.42. The number of aryl methyl sites for hydroxylation is 1. The van der Waals surface area contributed by atoms with Gasteiger partial charge in [-0.1, -0.05) is 12.1 Å². The van der Waals surface area contributed by atoms with Crippen molar-refractivity contribution in [2.45, 2.75) is 6.92 Å². The van der Waals surface area contributed by atoms with E-state index < -0.39 is 5.91 Å². The number of amides is 1. The Kier molecular flexibility index (Phi) is 3.28. The van der Waals surface area contributed by atoms with Crippen LogP contribution >= 0.6 is 0 Å². The first-order valence-corrected chi connectivity index (χ1v) is 6.56. The fourth-order valence-electron chi connectivity index (χ4n) is 2.21. The van der Waals surface area contributed by atoms with Gasteiger partial charge in [-0.05, 0) is 54.4 Å². The standard InChI is InChI=1S/C17H14N2O2/c1-11-9-14(10-15(19-11)16-3-2-8-21-16)12-4-6-13(7-5-12)17(18)20/h2-10H,1H3,(H2,18,20). The summed E-state index contributed by atoms with van der Waals surface area (Å²) in [6, 6.07) is 14.9. The molecule has 0 radical (unpaired) electrons. The lowest BCUT2D eigenvalue weighted by atomic mass is 10.0. The zero-order chi connectivity index (χ0) is 14.8. The molecule has 2 N–H and O–H groups in total. The van der Waals surface area contributed by atoms with Gasteiger partial charge in [-0.2, -0.15) is 0 Å². The number of benzene rings is 1. The van der Waals surface area contributed by atoms with Gasteiger partial charge in [0.15, 0.2) is 5.76 Å². The van der Waals surface area contributed by atoms with E-state index >= 15 is 0 Å². The number of nitrogens with zero attached hydrogens (tertiary/aromatic N) is 1. The third kappa shape index (κ3) is 2.69. The van der Waals surface area contributed by atoms with E-state index in [4.69, 9.17) is 10.2 Å². The fourth-order valence-corrected chi connectivity index (χ4v) is 2.21. The van der Waals surface area contributed by atoms with Crippen LogP contribution in [-0.2, 0) is 0 Å². The molecule has 0 aliphatic rings. The number of furan rings is 1. The highest BCUT2D eigenvalue weighted by Crippen LogP contribution is 2.26. The molecular weight excluding hydrogens is 264 g/mol. The van der Waals surface area contributed by atoms with Crippen LogP contribution in [0.1, 0.15) is 16.1 Å². The number of primary amides is 1. The molecule has 0 saturated carbocycles. The third-order valence-electron chi connectivity index (χ3n) is 3.23. The van der Waals surface area contributed by atoms with E-state index in [9.17, 15) is 4.79 Å². The Hall–Kier alpha value is -2.88. The molecule has 4 heteroatoms. The van der Waals surface area contributed by atoms with Crippen LogP contribution in [0.25, 0.3) is 22.6 Å². The lowest BCUT2D eigenvalue weighted by Crippen LogP contribution is -2.10. The van der Waals surface area contributed by atoms with Crippen LogP contribution in [0.5, 0.6) is 0 Å². The van der Waals surface area contributed by atoms with Gasteiger partial charge in [0.1, 0.15) is 5.69 Å². The second kappa shape index (κ2) is 5.25. The minimum absolute atomic E-state index is 0.427. The average molecular weight is 278 g/mol. The minimum atomic E-state index is -0.427. The summed E-state index contributed by atoms with van der Waals surface area (Å²) in [7, 11) is 0. The van der Waals surface area contributed by atoms with Crippen LogP contribution in [0.15, 0.2) is 59.2 Å². The second-order valence-electron chi connectivity index (χ2n) is 4.80.